The summed E-state index contributed by atoms with van der Waals surface area (Å²) >= 11 is 0. The van der Waals surface area contributed by atoms with E-state index >= 15 is 0 Å². The Morgan fingerprint density at radius 3 is 2.08 bits per heavy atom. The van der Waals surface area contributed by atoms with E-state index in [-0.39, 0.29) is 0 Å². The Bertz CT molecular complexity index is 98.0. The Morgan fingerprint density at radius 2 is 1.85 bits per heavy atom. The maximum atomic E-state index is 5.01. The highest BCUT2D eigenvalue weighted by atomic mass is 16.5. The third-order valence-electron chi connectivity index (χ3n) is 2.40. The average Bonchev–Trinajstić information content (AvgIpc) is 2.22. The molecule has 2 N–H and O–H groups in total. The Hall–Kier alpha value is -0.120. The molecule has 0 aromatic heterocycles. The van der Waals surface area contributed by atoms with Crippen LogP contribution in [0.3, 0.4) is 0 Å². The number of hydrogen-bond donors (Lipinski definition) is 2. The molecule has 78 valence electrons. The minimum Gasteiger partial charge on any atom is -0.379 e. The summed E-state index contributed by atoms with van der Waals surface area (Å²) in [5.41, 5.74) is 0. The van der Waals surface area contributed by atoms with Gasteiger partial charge in [0.15, 0.2) is 0 Å². The Balaban J connectivity index is 0.000000132. The molecule has 2 fully saturated rings. The fourth-order valence-electron chi connectivity index (χ4n) is 1.54. The van der Waals surface area contributed by atoms with Crippen LogP contribution in [0, 0.1) is 0 Å². The van der Waals surface area contributed by atoms with Crippen LogP contribution in [0.1, 0.15) is 26.2 Å². The van der Waals surface area contributed by atoms with Crippen molar-refractivity contribution in [2.24, 2.45) is 0 Å². The molecule has 3 heteroatoms. The van der Waals surface area contributed by atoms with Gasteiger partial charge in [-0.3, -0.25) is 0 Å². The predicted molar refractivity (Wildman–Crippen MR) is 55.0 cm³/mol. The first kappa shape index (κ1) is 11.0. The molecule has 2 aliphatic rings. The fraction of sp³-hybridized carbons (Fsp3) is 1.00. The fourth-order valence-corrected chi connectivity index (χ4v) is 1.54. The second-order valence-electron chi connectivity index (χ2n) is 3.71. The first-order valence-corrected chi connectivity index (χ1v) is 5.41. The molecule has 13 heavy (non-hydrogen) atoms. The molecule has 2 saturated heterocycles. The van der Waals surface area contributed by atoms with Gasteiger partial charge in [0.05, 0.1) is 13.2 Å². The van der Waals surface area contributed by atoms with Crippen LogP contribution >= 0.6 is 0 Å². The molecule has 0 saturated carbocycles. The zero-order valence-electron chi connectivity index (χ0n) is 8.64. The van der Waals surface area contributed by atoms with E-state index in [1.165, 1.54) is 25.8 Å². The van der Waals surface area contributed by atoms with Gasteiger partial charge < -0.3 is 15.4 Å². The van der Waals surface area contributed by atoms with Gasteiger partial charge in [-0.15, -0.1) is 0 Å². The molecular formula is C10H22N2O. The van der Waals surface area contributed by atoms with Crippen molar-refractivity contribution >= 4 is 0 Å². The number of nitrogens with one attached hydrogen (secondary N) is 2. The molecule has 0 amide bonds. The molecule has 0 radical (unpaired) electrons. The molecule has 0 aromatic carbocycles. The van der Waals surface area contributed by atoms with E-state index in [0.29, 0.717) is 0 Å². The van der Waals surface area contributed by atoms with Crippen molar-refractivity contribution in [2.45, 2.75) is 32.2 Å². The van der Waals surface area contributed by atoms with Crippen LogP contribution in [-0.4, -0.2) is 38.9 Å². The molecule has 2 heterocycles. The summed E-state index contributed by atoms with van der Waals surface area (Å²) in [4.78, 5) is 0. The first-order chi connectivity index (χ1) is 6.39. The Labute approximate surface area is 81.2 Å². The van der Waals surface area contributed by atoms with Crippen molar-refractivity contribution in [2.75, 3.05) is 32.8 Å². The standard InChI is InChI=1S/C6H13N.C4H9NO/c1-6-4-2-3-5-7-6;1-3-6-4-2-5-1/h6-7H,2-5H2,1H3;5H,1-4H2. The highest BCUT2D eigenvalue weighted by Crippen LogP contribution is 2.04. The molecule has 0 spiro atoms. The molecule has 3 nitrogen and oxygen atoms in total. The van der Waals surface area contributed by atoms with Gasteiger partial charge in [0, 0.05) is 19.1 Å². The zero-order valence-corrected chi connectivity index (χ0v) is 8.64. The number of piperidine rings is 1. The lowest BCUT2D eigenvalue weighted by atomic mass is 10.1. The van der Waals surface area contributed by atoms with E-state index in [2.05, 4.69) is 17.6 Å². The van der Waals surface area contributed by atoms with E-state index < -0.39 is 0 Å². The Morgan fingerprint density at radius 1 is 1.08 bits per heavy atom. The summed E-state index contributed by atoms with van der Waals surface area (Å²) in [5.74, 6) is 0. The SMILES string of the molecule is C1COCCN1.CC1CCCCN1. The van der Waals surface area contributed by atoms with E-state index in [0.717, 1.165) is 32.3 Å². The van der Waals surface area contributed by atoms with Crippen molar-refractivity contribution in [3.63, 3.8) is 0 Å². The second kappa shape index (κ2) is 7.30. The van der Waals surface area contributed by atoms with E-state index in [1.54, 1.807) is 0 Å². The van der Waals surface area contributed by atoms with Gasteiger partial charge in [0.2, 0.25) is 0 Å². The highest BCUT2D eigenvalue weighted by Gasteiger charge is 2.04. The summed E-state index contributed by atoms with van der Waals surface area (Å²) < 4.78 is 5.01. The van der Waals surface area contributed by atoms with Crippen molar-refractivity contribution in [1.82, 2.24) is 10.6 Å². The summed E-state index contributed by atoms with van der Waals surface area (Å²) in [6.45, 7) is 7.32. The third kappa shape index (κ3) is 6.02. The van der Waals surface area contributed by atoms with Crippen LogP contribution in [0.4, 0.5) is 0 Å². The maximum Gasteiger partial charge on any atom is 0.0591 e. The normalized spacial score (nSPS) is 28.8. The smallest absolute Gasteiger partial charge is 0.0591 e. The van der Waals surface area contributed by atoms with Gasteiger partial charge in [0.1, 0.15) is 0 Å². The van der Waals surface area contributed by atoms with Gasteiger partial charge in [-0.25, -0.2) is 0 Å². The van der Waals surface area contributed by atoms with Gasteiger partial charge in [0.25, 0.3) is 0 Å². The summed E-state index contributed by atoms with van der Waals surface area (Å²) in [6, 6.07) is 0.786. The van der Waals surface area contributed by atoms with Gasteiger partial charge in [-0.2, -0.15) is 0 Å². The van der Waals surface area contributed by atoms with Gasteiger partial charge >= 0.3 is 0 Å². The van der Waals surface area contributed by atoms with E-state index in [9.17, 15) is 0 Å². The van der Waals surface area contributed by atoms with Crippen LogP contribution in [0.25, 0.3) is 0 Å². The Kier molecular flexibility index (Phi) is 6.15. The molecule has 0 aliphatic carbocycles. The maximum absolute atomic E-state index is 5.01. The predicted octanol–water partition coefficient (Wildman–Crippen LogP) is 0.755. The quantitative estimate of drug-likeness (QED) is 0.586. The molecular weight excluding hydrogens is 164 g/mol. The van der Waals surface area contributed by atoms with Gasteiger partial charge in [-0.1, -0.05) is 6.42 Å². The first-order valence-electron chi connectivity index (χ1n) is 5.41. The van der Waals surface area contributed by atoms with Crippen LogP contribution in [0.15, 0.2) is 0 Å². The molecule has 0 aromatic rings. The largest absolute Gasteiger partial charge is 0.379 e. The number of hydrogen-bond acceptors (Lipinski definition) is 3. The van der Waals surface area contributed by atoms with Crippen LogP contribution in [-0.2, 0) is 4.74 Å². The van der Waals surface area contributed by atoms with Crippen LogP contribution in [0.2, 0.25) is 0 Å². The van der Waals surface area contributed by atoms with Gasteiger partial charge in [-0.05, 0) is 26.3 Å². The van der Waals surface area contributed by atoms with Crippen molar-refractivity contribution in [3.05, 3.63) is 0 Å². The minimum atomic E-state index is 0.786. The van der Waals surface area contributed by atoms with Crippen LogP contribution < -0.4 is 10.6 Å². The number of rotatable bonds is 0. The zero-order chi connectivity index (χ0) is 9.36. The van der Waals surface area contributed by atoms with Crippen molar-refractivity contribution in [3.8, 4) is 0 Å². The molecule has 1 atom stereocenters. The van der Waals surface area contributed by atoms with E-state index in [4.69, 9.17) is 4.74 Å². The lowest BCUT2D eigenvalue weighted by molar-refractivity contribution is 0.109. The summed E-state index contributed by atoms with van der Waals surface area (Å²) in [6.07, 6.45) is 4.18. The molecule has 1 unspecified atom stereocenters. The minimum absolute atomic E-state index is 0.786. The topological polar surface area (TPSA) is 33.3 Å². The van der Waals surface area contributed by atoms with Crippen molar-refractivity contribution < 1.29 is 4.74 Å². The lowest BCUT2D eigenvalue weighted by Crippen LogP contribution is -2.30. The molecule has 2 aliphatic heterocycles. The number of morpholine rings is 1. The molecule has 0 bridgehead atoms. The van der Waals surface area contributed by atoms with Crippen LogP contribution in [0.5, 0.6) is 0 Å². The summed E-state index contributed by atoms with van der Waals surface area (Å²) in [5, 5.41) is 6.54. The van der Waals surface area contributed by atoms with E-state index in [1.807, 2.05) is 0 Å². The summed E-state index contributed by atoms with van der Waals surface area (Å²) in [7, 11) is 0. The lowest BCUT2D eigenvalue weighted by Gasteiger charge is -2.18. The third-order valence-corrected chi connectivity index (χ3v) is 2.40. The van der Waals surface area contributed by atoms with Crippen molar-refractivity contribution in [1.29, 1.82) is 0 Å². The molecule has 2 rings (SSSR count). The number of ether oxygens (including phenoxy) is 1. The highest BCUT2D eigenvalue weighted by molar-refractivity contribution is 4.65. The second-order valence-corrected chi connectivity index (χ2v) is 3.71. The monoisotopic (exact) mass is 186 g/mol. The average molecular weight is 186 g/mol.